The van der Waals surface area contributed by atoms with Crippen LogP contribution in [0, 0.1) is 0 Å². The molecule has 100 valence electrons. The molecule has 0 radical (unpaired) electrons. The van der Waals surface area contributed by atoms with E-state index in [0.29, 0.717) is 0 Å². The van der Waals surface area contributed by atoms with Gasteiger partial charge in [0.2, 0.25) is 0 Å². The molecule has 0 amide bonds. The van der Waals surface area contributed by atoms with Gasteiger partial charge in [-0.3, -0.25) is 4.79 Å². The van der Waals surface area contributed by atoms with E-state index in [4.69, 9.17) is 10.8 Å². The summed E-state index contributed by atoms with van der Waals surface area (Å²) in [7, 11) is 0. The van der Waals surface area contributed by atoms with Gasteiger partial charge in [0.05, 0.1) is 11.9 Å². The van der Waals surface area contributed by atoms with Gasteiger partial charge in [0.1, 0.15) is 5.82 Å². The topological polar surface area (TPSA) is 92.0 Å². The summed E-state index contributed by atoms with van der Waals surface area (Å²) in [5, 5.41) is 8.83. The molecule has 19 heavy (non-hydrogen) atoms. The van der Waals surface area contributed by atoms with Crippen LogP contribution in [-0.2, 0) is 11.2 Å². The van der Waals surface area contributed by atoms with E-state index in [1.807, 2.05) is 12.1 Å². The minimum atomic E-state index is -1.12. The summed E-state index contributed by atoms with van der Waals surface area (Å²) < 4.78 is 0. The third-order valence-electron chi connectivity index (χ3n) is 2.96. The van der Waals surface area contributed by atoms with Crippen molar-refractivity contribution >= 4 is 5.97 Å². The Morgan fingerprint density at radius 3 is 2.68 bits per heavy atom. The quantitative estimate of drug-likeness (QED) is 0.766. The number of aryl methyl sites for hydroxylation is 1. The van der Waals surface area contributed by atoms with Crippen molar-refractivity contribution in [2.24, 2.45) is 5.73 Å². The van der Waals surface area contributed by atoms with Crippen LogP contribution in [0.15, 0.2) is 30.5 Å². The highest BCUT2D eigenvalue weighted by Gasteiger charge is 2.17. The zero-order valence-electron chi connectivity index (χ0n) is 10.8. The Bertz CT molecular complexity index is 560. The fraction of sp³-hybridized carbons (Fsp3) is 0.286. The Kier molecular flexibility index (Phi) is 3.97. The smallest absolute Gasteiger partial charge is 0.328 e. The third kappa shape index (κ3) is 3.00. The molecule has 0 aliphatic carbocycles. The number of nitrogens with two attached hydrogens (primary N) is 1. The highest BCUT2D eigenvalue weighted by Crippen LogP contribution is 2.19. The summed E-state index contributed by atoms with van der Waals surface area (Å²) in [5.74, 6) is -0.834. The molecule has 0 bridgehead atoms. The van der Waals surface area contributed by atoms with Crippen LogP contribution >= 0.6 is 0 Å². The average molecular weight is 259 g/mol. The van der Waals surface area contributed by atoms with Crippen LogP contribution in [0.2, 0.25) is 0 Å². The van der Waals surface area contributed by atoms with Crippen LogP contribution in [0.1, 0.15) is 30.8 Å². The van der Waals surface area contributed by atoms with Crippen LogP contribution in [0.4, 0.5) is 0 Å². The molecule has 0 aliphatic rings. The number of imidazole rings is 1. The maximum atomic E-state index is 10.8. The van der Waals surface area contributed by atoms with Crippen LogP contribution < -0.4 is 5.73 Å². The third-order valence-corrected chi connectivity index (χ3v) is 2.96. The van der Waals surface area contributed by atoms with Crippen molar-refractivity contribution in [3.05, 3.63) is 41.9 Å². The van der Waals surface area contributed by atoms with Crippen LogP contribution in [0.5, 0.6) is 0 Å². The summed E-state index contributed by atoms with van der Waals surface area (Å²) in [6.07, 6.45) is 3.77. The van der Waals surface area contributed by atoms with Gasteiger partial charge in [0.15, 0.2) is 6.04 Å². The molecule has 2 rings (SSSR count). The molecule has 5 nitrogen and oxygen atoms in total. The van der Waals surface area contributed by atoms with E-state index in [0.717, 1.165) is 24.1 Å². The monoisotopic (exact) mass is 259 g/mol. The van der Waals surface area contributed by atoms with E-state index in [-0.39, 0.29) is 5.82 Å². The molecular formula is C14H17N3O2. The lowest BCUT2D eigenvalue weighted by Crippen LogP contribution is -2.21. The fourth-order valence-corrected chi connectivity index (χ4v) is 1.90. The molecule has 0 fully saturated rings. The Labute approximate surface area is 111 Å². The SMILES string of the molecule is CCCc1ccc(-c2cnc(C(N)C(=O)O)[nH]2)cc1. The largest absolute Gasteiger partial charge is 0.480 e. The normalized spacial score (nSPS) is 12.3. The first-order chi connectivity index (χ1) is 9.11. The molecule has 0 spiro atoms. The number of benzene rings is 1. The molecule has 1 unspecified atom stereocenters. The van der Waals surface area contributed by atoms with Gasteiger partial charge in [0.25, 0.3) is 0 Å². The standard InChI is InChI=1S/C14H17N3O2/c1-2-3-9-4-6-10(7-5-9)11-8-16-13(17-11)12(15)14(18)19/h4-8,12H,2-3,15H2,1H3,(H,16,17)(H,18,19). The summed E-state index contributed by atoms with van der Waals surface area (Å²) in [5.41, 5.74) is 8.53. The second-order valence-corrected chi connectivity index (χ2v) is 4.44. The van der Waals surface area contributed by atoms with Crippen molar-refractivity contribution in [2.75, 3.05) is 0 Å². The number of nitrogens with zero attached hydrogens (tertiary/aromatic N) is 1. The Balaban J connectivity index is 2.20. The van der Waals surface area contributed by atoms with Crippen LogP contribution in [-0.4, -0.2) is 21.0 Å². The molecule has 1 atom stereocenters. The van der Waals surface area contributed by atoms with E-state index in [1.165, 1.54) is 5.56 Å². The maximum Gasteiger partial charge on any atom is 0.328 e. The lowest BCUT2D eigenvalue weighted by Gasteiger charge is -2.03. The van der Waals surface area contributed by atoms with Gasteiger partial charge >= 0.3 is 5.97 Å². The zero-order chi connectivity index (χ0) is 13.8. The number of carbonyl (C=O) groups is 1. The van der Waals surface area contributed by atoms with Gasteiger partial charge in [-0.2, -0.15) is 0 Å². The van der Waals surface area contributed by atoms with Gasteiger partial charge in [-0.15, -0.1) is 0 Å². The van der Waals surface area contributed by atoms with E-state index < -0.39 is 12.0 Å². The molecule has 0 aliphatic heterocycles. The molecule has 4 N–H and O–H groups in total. The summed E-state index contributed by atoms with van der Waals surface area (Å²) in [4.78, 5) is 17.7. The minimum Gasteiger partial charge on any atom is -0.480 e. The molecule has 1 aromatic carbocycles. The Morgan fingerprint density at radius 2 is 2.11 bits per heavy atom. The average Bonchev–Trinajstić information content (AvgIpc) is 2.88. The molecule has 1 heterocycles. The highest BCUT2D eigenvalue weighted by atomic mass is 16.4. The van der Waals surface area contributed by atoms with Crippen molar-refractivity contribution < 1.29 is 9.90 Å². The van der Waals surface area contributed by atoms with Crippen molar-refractivity contribution in [1.82, 2.24) is 9.97 Å². The van der Waals surface area contributed by atoms with Gasteiger partial charge in [-0.25, -0.2) is 4.98 Å². The van der Waals surface area contributed by atoms with E-state index in [9.17, 15) is 4.79 Å². The minimum absolute atomic E-state index is 0.264. The molecule has 0 saturated heterocycles. The second kappa shape index (κ2) is 5.67. The number of rotatable bonds is 5. The van der Waals surface area contributed by atoms with Crippen molar-refractivity contribution in [3.8, 4) is 11.3 Å². The van der Waals surface area contributed by atoms with E-state index >= 15 is 0 Å². The number of aromatic nitrogens is 2. The van der Waals surface area contributed by atoms with Crippen LogP contribution in [0.25, 0.3) is 11.3 Å². The van der Waals surface area contributed by atoms with Gasteiger partial charge < -0.3 is 15.8 Å². The maximum absolute atomic E-state index is 10.8. The number of aromatic amines is 1. The number of hydrogen-bond acceptors (Lipinski definition) is 3. The first-order valence-electron chi connectivity index (χ1n) is 6.24. The highest BCUT2D eigenvalue weighted by molar-refractivity contribution is 5.74. The molecule has 2 aromatic rings. The van der Waals surface area contributed by atoms with E-state index in [2.05, 4.69) is 29.0 Å². The Hall–Kier alpha value is -2.14. The predicted molar refractivity (Wildman–Crippen MR) is 72.6 cm³/mol. The van der Waals surface area contributed by atoms with Crippen LogP contribution in [0.3, 0.4) is 0 Å². The summed E-state index contributed by atoms with van der Waals surface area (Å²) in [6, 6.07) is 7.00. The summed E-state index contributed by atoms with van der Waals surface area (Å²) >= 11 is 0. The fourth-order valence-electron chi connectivity index (χ4n) is 1.90. The van der Waals surface area contributed by atoms with Crippen molar-refractivity contribution in [3.63, 3.8) is 0 Å². The Morgan fingerprint density at radius 1 is 1.42 bits per heavy atom. The molecule has 1 aromatic heterocycles. The number of H-pyrrole nitrogens is 1. The molecule has 0 saturated carbocycles. The van der Waals surface area contributed by atoms with E-state index in [1.54, 1.807) is 6.20 Å². The summed E-state index contributed by atoms with van der Waals surface area (Å²) in [6.45, 7) is 2.14. The number of carboxylic acid groups (broad SMARTS) is 1. The van der Waals surface area contributed by atoms with Crippen molar-refractivity contribution in [2.45, 2.75) is 25.8 Å². The zero-order valence-corrected chi connectivity index (χ0v) is 10.8. The molecular weight excluding hydrogens is 242 g/mol. The first kappa shape index (κ1) is 13.3. The van der Waals surface area contributed by atoms with Crippen molar-refractivity contribution in [1.29, 1.82) is 0 Å². The number of hydrogen-bond donors (Lipinski definition) is 3. The number of nitrogens with one attached hydrogen (secondary N) is 1. The van der Waals surface area contributed by atoms with Gasteiger partial charge in [-0.1, -0.05) is 37.6 Å². The van der Waals surface area contributed by atoms with Gasteiger partial charge in [-0.05, 0) is 17.5 Å². The lowest BCUT2D eigenvalue weighted by atomic mass is 10.1. The lowest BCUT2D eigenvalue weighted by molar-refractivity contribution is -0.138. The molecule has 5 heteroatoms. The second-order valence-electron chi connectivity index (χ2n) is 4.44. The predicted octanol–water partition coefficient (Wildman–Crippen LogP) is 2.11. The number of aliphatic carboxylic acids is 1. The van der Waals surface area contributed by atoms with Gasteiger partial charge in [0, 0.05) is 0 Å². The number of carboxylic acids is 1. The first-order valence-corrected chi connectivity index (χ1v) is 6.24.